The average Bonchev–Trinajstić information content (AvgIpc) is 2.48. The second kappa shape index (κ2) is 4.23. The molecular formula is C9H14N2O3. The van der Waals surface area contributed by atoms with E-state index in [0.717, 1.165) is 5.69 Å². The van der Waals surface area contributed by atoms with Gasteiger partial charge in [0.25, 0.3) is 0 Å². The summed E-state index contributed by atoms with van der Waals surface area (Å²) in [5.74, 6) is -0.00199. The lowest BCUT2D eigenvalue weighted by Crippen LogP contribution is -2.23. The Labute approximate surface area is 82.2 Å². The monoisotopic (exact) mass is 198 g/mol. The zero-order chi connectivity index (χ0) is 10.7. The highest BCUT2D eigenvalue weighted by atomic mass is 16.5. The fourth-order valence-electron chi connectivity index (χ4n) is 1.09. The lowest BCUT2D eigenvalue weighted by Gasteiger charge is -2.07. The van der Waals surface area contributed by atoms with Gasteiger partial charge in [0.1, 0.15) is 11.7 Å². The molecule has 78 valence electrons. The molecule has 2 N–H and O–H groups in total. The van der Waals surface area contributed by atoms with Crippen LogP contribution in [0.2, 0.25) is 0 Å². The number of ether oxygens (including phenoxy) is 1. The third-order valence-electron chi connectivity index (χ3n) is 2.06. The van der Waals surface area contributed by atoms with Crippen LogP contribution in [0.25, 0.3) is 0 Å². The molecule has 1 aromatic heterocycles. The average molecular weight is 198 g/mol. The fraction of sp³-hybridized carbons (Fsp3) is 0.556. The van der Waals surface area contributed by atoms with E-state index >= 15 is 0 Å². The Morgan fingerprint density at radius 3 is 2.64 bits per heavy atom. The minimum atomic E-state index is -0.604. The van der Waals surface area contributed by atoms with E-state index in [4.69, 9.17) is 10.2 Å². The van der Waals surface area contributed by atoms with Gasteiger partial charge in [-0.05, 0) is 13.8 Å². The molecule has 0 aliphatic heterocycles. The SMILES string of the molecule is COC(=O)[C@H](CN)c1nc(C)c(C)o1. The molecule has 1 rings (SSSR count). The summed E-state index contributed by atoms with van der Waals surface area (Å²) in [6, 6.07) is 0. The predicted molar refractivity (Wildman–Crippen MR) is 49.8 cm³/mol. The van der Waals surface area contributed by atoms with E-state index in [0.29, 0.717) is 11.7 Å². The van der Waals surface area contributed by atoms with Crippen molar-refractivity contribution in [3.8, 4) is 0 Å². The first-order chi connectivity index (χ1) is 6.60. The molecule has 0 spiro atoms. The normalized spacial score (nSPS) is 12.6. The summed E-state index contributed by atoms with van der Waals surface area (Å²) in [5, 5.41) is 0. The number of oxazole rings is 1. The van der Waals surface area contributed by atoms with Gasteiger partial charge in [-0.25, -0.2) is 4.98 Å². The summed E-state index contributed by atoms with van der Waals surface area (Å²) < 4.78 is 9.89. The van der Waals surface area contributed by atoms with E-state index in [1.54, 1.807) is 6.92 Å². The predicted octanol–water partition coefficient (Wildman–Crippen LogP) is 0.507. The van der Waals surface area contributed by atoms with Crippen molar-refractivity contribution in [3.05, 3.63) is 17.3 Å². The standard InChI is InChI=1S/C9H14N2O3/c1-5-6(2)14-8(11-5)7(4-10)9(12)13-3/h7H,4,10H2,1-3H3/t7-/m1/s1. The van der Waals surface area contributed by atoms with Crippen LogP contribution in [-0.4, -0.2) is 24.6 Å². The Kier molecular flexibility index (Phi) is 3.24. The molecule has 14 heavy (non-hydrogen) atoms. The van der Waals surface area contributed by atoms with Crippen molar-refractivity contribution in [2.45, 2.75) is 19.8 Å². The Balaban J connectivity index is 2.95. The molecule has 0 saturated carbocycles. The number of aromatic nitrogens is 1. The van der Waals surface area contributed by atoms with Crippen molar-refractivity contribution in [2.24, 2.45) is 5.73 Å². The molecule has 0 aliphatic rings. The molecule has 1 atom stereocenters. The van der Waals surface area contributed by atoms with Gasteiger partial charge in [0.15, 0.2) is 0 Å². The van der Waals surface area contributed by atoms with Gasteiger partial charge in [0.05, 0.1) is 12.8 Å². The molecule has 1 aromatic rings. The van der Waals surface area contributed by atoms with Gasteiger partial charge in [-0.15, -0.1) is 0 Å². The molecule has 1 heterocycles. The third kappa shape index (κ3) is 1.93. The zero-order valence-corrected chi connectivity index (χ0v) is 8.53. The maximum absolute atomic E-state index is 11.3. The van der Waals surface area contributed by atoms with Crippen molar-refractivity contribution in [1.82, 2.24) is 4.98 Å². The van der Waals surface area contributed by atoms with Crippen LogP contribution in [0.4, 0.5) is 0 Å². The second-order valence-electron chi connectivity index (χ2n) is 3.01. The summed E-state index contributed by atoms with van der Waals surface area (Å²) in [4.78, 5) is 15.4. The minimum Gasteiger partial charge on any atom is -0.468 e. The lowest BCUT2D eigenvalue weighted by molar-refractivity contribution is -0.142. The van der Waals surface area contributed by atoms with Crippen molar-refractivity contribution in [3.63, 3.8) is 0 Å². The van der Waals surface area contributed by atoms with Gasteiger partial charge < -0.3 is 14.9 Å². The molecule has 0 aliphatic carbocycles. The topological polar surface area (TPSA) is 78.4 Å². The summed E-state index contributed by atoms with van der Waals surface area (Å²) in [7, 11) is 1.31. The maximum Gasteiger partial charge on any atom is 0.319 e. The highest BCUT2D eigenvalue weighted by Crippen LogP contribution is 2.18. The Morgan fingerprint density at radius 1 is 1.64 bits per heavy atom. The van der Waals surface area contributed by atoms with Crippen LogP contribution < -0.4 is 5.73 Å². The quantitative estimate of drug-likeness (QED) is 0.716. The van der Waals surface area contributed by atoms with Crippen LogP contribution in [-0.2, 0) is 9.53 Å². The van der Waals surface area contributed by atoms with Gasteiger partial charge in [0.2, 0.25) is 5.89 Å². The first-order valence-corrected chi connectivity index (χ1v) is 4.32. The van der Waals surface area contributed by atoms with Gasteiger partial charge in [-0.3, -0.25) is 4.79 Å². The van der Waals surface area contributed by atoms with E-state index < -0.39 is 11.9 Å². The first kappa shape index (κ1) is 10.7. The number of hydrogen-bond acceptors (Lipinski definition) is 5. The van der Waals surface area contributed by atoms with Crippen LogP contribution in [0, 0.1) is 13.8 Å². The van der Waals surface area contributed by atoms with E-state index in [1.165, 1.54) is 7.11 Å². The highest BCUT2D eigenvalue weighted by molar-refractivity contribution is 5.77. The molecule has 0 amide bonds. The molecule has 0 saturated heterocycles. The van der Waals surface area contributed by atoms with E-state index in [1.807, 2.05) is 6.92 Å². The van der Waals surface area contributed by atoms with Crippen LogP contribution in [0.5, 0.6) is 0 Å². The molecular weight excluding hydrogens is 184 g/mol. The number of hydrogen-bond donors (Lipinski definition) is 1. The van der Waals surface area contributed by atoms with E-state index in [9.17, 15) is 4.79 Å². The van der Waals surface area contributed by atoms with Crippen LogP contribution >= 0.6 is 0 Å². The number of rotatable bonds is 3. The van der Waals surface area contributed by atoms with E-state index in [-0.39, 0.29) is 6.54 Å². The molecule has 0 aromatic carbocycles. The first-order valence-electron chi connectivity index (χ1n) is 4.32. The Bertz CT molecular complexity index is 313. The minimum absolute atomic E-state index is 0.131. The smallest absolute Gasteiger partial charge is 0.319 e. The second-order valence-corrected chi connectivity index (χ2v) is 3.01. The molecule has 0 radical (unpaired) electrons. The van der Waals surface area contributed by atoms with Crippen LogP contribution in [0.1, 0.15) is 23.3 Å². The molecule has 5 heteroatoms. The molecule has 0 bridgehead atoms. The summed E-state index contributed by atoms with van der Waals surface area (Å²) in [5.41, 5.74) is 6.21. The number of methoxy groups -OCH3 is 1. The highest BCUT2D eigenvalue weighted by Gasteiger charge is 2.25. The number of carbonyl (C=O) groups is 1. The van der Waals surface area contributed by atoms with Crippen molar-refractivity contribution >= 4 is 5.97 Å². The number of aryl methyl sites for hydroxylation is 2. The zero-order valence-electron chi connectivity index (χ0n) is 8.53. The van der Waals surface area contributed by atoms with Gasteiger partial charge in [0, 0.05) is 6.54 Å². The maximum atomic E-state index is 11.3. The van der Waals surface area contributed by atoms with Crippen molar-refractivity contribution in [1.29, 1.82) is 0 Å². The van der Waals surface area contributed by atoms with Gasteiger partial charge >= 0.3 is 5.97 Å². The number of esters is 1. The van der Waals surface area contributed by atoms with Crippen molar-refractivity contribution < 1.29 is 13.9 Å². The molecule has 0 unspecified atom stereocenters. The van der Waals surface area contributed by atoms with E-state index in [2.05, 4.69) is 9.72 Å². The summed E-state index contributed by atoms with van der Waals surface area (Å²) in [6.45, 7) is 3.73. The lowest BCUT2D eigenvalue weighted by atomic mass is 10.1. The number of carbonyl (C=O) groups excluding carboxylic acids is 1. The summed E-state index contributed by atoms with van der Waals surface area (Å²) in [6.07, 6.45) is 0. The Morgan fingerprint density at radius 2 is 2.29 bits per heavy atom. The molecule has 5 nitrogen and oxygen atoms in total. The Hall–Kier alpha value is -1.36. The third-order valence-corrected chi connectivity index (χ3v) is 2.06. The largest absolute Gasteiger partial charge is 0.468 e. The van der Waals surface area contributed by atoms with Crippen molar-refractivity contribution in [2.75, 3.05) is 13.7 Å². The van der Waals surface area contributed by atoms with Gasteiger partial charge in [-0.2, -0.15) is 0 Å². The molecule has 0 fully saturated rings. The fourth-order valence-corrected chi connectivity index (χ4v) is 1.09. The van der Waals surface area contributed by atoms with Gasteiger partial charge in [-0.1, -0.05) is 0 Å². The van der Waals surface area contributed by atoms with Crippen LogP contribution in [0.15, 0.2) is 4.42 Å². The number of nitrogens with two attached hydrogens (primary N) is 1. The summed E-state index contributed by atoms with van der Waals surface area (Å²) >= 11 is 0. The number of nitrogens with zero attached hydrogens (tertiary/aromatic N) is 1. The van der Waals surface area contributed by atoms with Crippen LogP contribution in [0.3, 0.4) is 0 Å².